The average Bonchev–Trinajstić information content (AvgIpc) is 2.58. The first-order valence-corrected chi connectivity index (χ1v) is 5.36. The third kappa shape index (κ3) is 1.46. The third-order valence-electron chi connectivity index (χ3n) is 3.27. The molecule has 0 spiro atoms. The Morgan fingerprint density at radius 3 is 2.93 bits per heavy atom. The van der Waals surface area contributed by atoms with Gasteiger partial charge in [0.1, 0.15) is 0 Å². The molecule has 2 aliphatic heterocycles. The summed E-state index contributed by atoms with van der Waals surface area (Å²) in [7, 11) is 0. The van der Waals surface area contributed by atoms with Crippen molar-refractivity contribution in [3.05, 3.63) is 12.2 Å². The molecule has 2 fully saturated rings. The molecular formula is C11H17NO2. The van der Waals surface area contributed by atoms with E-state index in [-0.39, 0.29) is 24.1 Å². The minimum atomic E-state index is -0.303. The number of aliphatic hydroxyl groups is 1. The fourth-order valence-corrected chi connectivity index (χ4v) is 2.62. The summed E-state index contributed by atoms with van der Waals surface area (Å²) in [5.74, 6) is 0.209. The highest BCUT2D eigenvalue weighted by molar-refractivity contribution is 5.78. The number of piperidine rings is 1. The van der Waals surface area contributed by atoms with Crippen LogP contribution >= 0.6 is 0 Å². The molecule has 0 aromatic carbocycles. The lowest BCUT2D eigenvalue weighted by molar-refractivity contribution is -0.140. The van der Waals surface area contributed by atoms with E-state index in [1.807, 2.05) is 17.9 Å². The van der Waals surface area contributed by atoms with Gasteiger partial charge in [-0.15, -0.1) is 0 Å². The van der Waals surface area contributed by atoms with Gasteiger partial charge in [-0.25, -0.2) is 0 Å². The number of carbonyl (C=O) groups excluding carboxylic acids is 1. The van der Waals surface area contributed by atoms with E-state index >= 15 is 0 Å². The first kappa shape index (κ1) is 9.71. The number of rotatable bonds is 1. The molecule has 0 aromatic rings. The molecule has 3 heteroatoms. The zero-order valence-electron chi connectivity index (χ0n) is 8.52. The second kappa shape index (κ2) is 3.73. The van der Waals surface area contributed by atoms with Crippen molar-refractivity contribution in [2.45, 2.75) is 50.8 Å². The van der Waals surface area contributed by atoms with E-state index in [1.165, 1.54) is 0 Å². The van der Waals surface area contributed by atoms with Crippen molar-refractivity contribution in [1.82, 2.24) is 4.90 Å². The van der Waals surface area contributed by atoms with Crippen LogP contribution in [0, 0.1) is 0 Å². The molecule has 0 saturated carbocycles. The Morgan fingerprint density at radius 1 is 1.43 bits per heavy atom. The van der Waals surface area contributed by atoms with Crippen molar-refractivity contribution < 1.29 is 9.90 Å². The van der Waals surface area contributed by atoms with E-state index in [0.717, 1.165) is 12.8 Å². The second-order valence-electron chi connectivity index (χ2n) is 4.14. The summed E-state index contributed by atoms with van der Waals surface area (Å²) in [6.45, 7) is 1.97. The number of allylic oxidation sites excluding steroid dienone is 1. The molecule has 3 nitrogen and oxygen atoms in total. The van der Waals surface area contributed by atoms with Crippen LogP contribution in [0.4, 0.5) is 0 Å². The van der Waals surface area contributed by atoms with Crippen molar-refractivity contribution >= 4 is 5.91 Å². The summed E-state index contributed by atoms with van der Waals surface area (Å²) in [5.41, 5.74) is 0. The van der Waals surface area contributed by atoms with E-state index in [0.29, 0.717) is 12.8 Å². The smallest absolute Gasteiger partial charge is 0.223 e. The maximum absolute atomic E-state index is 11.7. The molecule has 0 aliphatic carbocycles. The van der Waals surface area contributed by atoms with Gasteiger partial charge < -0.3 is 10.0 Å². The van der Waals surface area contributed by atoms with E-state index in [1.54, 1.807) is 0 Å². The van der Waals surface area contributed by atoms with Crippen molar-refractivity contribution in [1.29, 1.82) is 0 Å². The Labute approximate surface area is 84.4 Å². The zero-order valence-corrected chi connectivity index (χ0v) is 8.52. The van der Waals surface area contributed by atoms with Gasteiger partial charge in [0.15, 0.2) is 0 Å². The molecule has 2 heterocycles. The Balaban J connectivity index is 2.17. The molecule has 2 aliphatic rings. The summed E-state index contributed by atoms with van der Waals surface area (Å²) in [5, 5.41) is 9.77. The Morgan fingerprint density at radius 2 is 2.21 bits per heavy atom. The summed E-state index contributed by atoms with van der Waals surface area (Å²) in [6.07, 6.45) is 6.84. The Kier molecular flexibility index (Phi) is 2.59. The van der Waals surface area contributed by atoms with Gasteiger partial charge in [0.05, 0.1) is 18.2 Å². The number of hydrogen-bond donors (Lipinski definition) is 1. The topological polar surface area (TPSA) is 40.5 Å². The van der Waals surface area contributed by atoms with Gasteiger partial charge in [-0.2, -0.15) is 0 Å². The van der Waals surface area contributed by atoms with Crippen molar-refractivity contribution in [2.24, 2.45) is 0 Å². The number of aliphatic hydroxyl groups excluding tert-OH is 1. The normalized spacial score (nSPS) is 38.0. The maximum atomic E-state index is 11.7. The van der Waals surface area contributed by atoms with E-state index in [2.05, 4.69) is 6.08 Å². The zero-order chi connectivity index (χ0) is 10.1. The molecule has 0 aromatic heterocycles. The molecular weight excluding hydrogens is 178 g/mol. The van der Waals surface area contributed by atoms with Gasteiger partial charge in [0.25, 0.3) is 0 Å². The van der Waals surface area contributed by atoms with Crippen LogP contribution in [0.2, 0.25) is 0 Å². The number of hydrogen-bond acceptors (Lipinski definition) is 2. The Hall–Kier alpha value is -0.830. The van der Waals surface area contributed by atoms with Gasteiger partial charge in [-0.3, -0.25) is 4.79 Å². The van der Waals surface area contributed by atoms with E-state index < -0.39 is 0 Å². The number of carbonyl (C=O) groups is 1. The molecule has 2 saturated heterocycles. The highest BCUT2D eigenvalue weighted by Crippen LogP contribution is 2.32. The first-order valence-electron chi connectivity index (χ1n) is 5.36. The van der Waals surface area contributed by atoms with Crippen LogP contribution in [0.1, 0.15) is 32.6 Å². The first-order chi connectivity index (χ1) is 6.74. The van der Waals surface area contributed by atoms with E-state index in [9.17, 15) is 9.90 Å². The van der Waals surface area contributed by atoms with Crippen LogP contribution in [0.3, 0.4) is 0 Å². The monoisotopic (exact) mass is 195 g/mol. The molecule has 1 amide bonds. The van der Waals surface area contributed by atoms with Crippen molar-refractivity contribution in [3.8, 4) is 0 Å². The van der Waals surface area contributed by atoms with Gasteiger partial charge in [0, 0.05) is 6.42 Å². The fourth-order valence-electron chi connectivity index (χ4n) is 2.62. The average molecular weight is 195 g/mol. The van der Waals surface area contributed by atoms with Gasteiger partial charge in [0.2, 0.25) is 5.91 Å². The predicted octanol–water partition coefficient (Wildman–Crippen LogP) is 1.08. The van der Waals surface area contributed by atoms with Crippen LogP contribution in [0.15, 0.2) is 12.2 Å². The molecule has 0 bridgehead atoms. The van der Waals surface area contributed by atoms with Crippen LogP contribution in [0.5, 0.6) is 0 Å². The van der Waals surface area contributed by atoms with Crippen LogP contribution < -0.4 is 0 Å². The summed E-state index contributed by atoms with van der Waals surface area (Å²) in [4.78, 5) is 13.6. The number of amides is 1. The summed E-state index contributed by atoms with van der Waals surface area (Å²) in [6, 6.07) is 0.310. The lowest BCUT2D eigenvalue weighted by Gasteiger charge is -2.36. The highest BCUT2D eigenvalue weighted by Gasteiger charge is 2.42. The van der Waals surface area contributed by atoms with Crippen LogP contribution in [-0.4, -0.2) is 34.1 Å². The maximum Gasteiger partial charge on any atom is 0.223 e. The minimum Gasteiger partial charge on any atom is -0.391 e. The minimum absolute atomic E-state index is 0.0810. The number of nitrogens with zero attached hydrogens (tertiary/aromatic N) is 1. The SMILES string of the molecule is C/C=C\[C@@H]1CC[C@H]2[C@@H](O)CCC(=O)N12. The van der Waals surface area contributed by atoms with E-state index in [4.69, 9.17) is 0 Å². The lowest BCUT2D eigenvalue weighted by Crippen LogP contribution is -2.50. The molecule has 0 unspecified atom stereocenters. The Bertz CT molecular complexity index is 262. The largest absolute Gasteiger partial charge is 0.391 e. The lowest BCUT2D eigenvalue weighted by atomic mass is 9.99. The molecule has 14 heavy (non-hydrogen) atoms. The molecule has 1 N–H and O–H groups in total. The third-order valence-corrected chi connectivity index (χ3v) is 3.27. The molecule has 2 rings (SSSR count). The quantitative estimate of drug-likeness (QED) is 0.636. The van der Waals surface area contributed by atoms with Gasteiger partial charge in [-0.05, 0) is 26.2 Å². The number of fused-ring (bicyclic) bond motifs is 1. The predicted molar refractivity (Wildman–Crippen MR) is 53.7 cm³/mol. The molecule has 78 valence electrons. The summed E-state index contributed by atoms with van der Waals surface area (Å²) < 4.78 is 0. The van der Waals surface area contributed by atoms with Crippen LogP contribution in [0.25, 0.3) is 0 Å². The van der Waals surface area contributed by atoms with Gasteiger partial charge >= 0.3 is 0 Å². The van der Waals surface area contributed by atoms with Gasteiger partial charge in [-0.1, -0.05) is 12.2 Å². The van der Waals surface area contributed by atoms with Crippen molar-refractivity contribution in [2.75, 3.05) is 0 Å². The molecule has 0 radical (unpaired) electrons. The summed E-state index contributed by atoms with van der Waals surface area (Å²) >= 11 is 0. The fraction of sp³-hybridized carbons (Fsp3) is 0.727. The van der Waals surface area contributed by atoms with Crippen molar-refractivity contribution in [3.63, 3.8) is 0 Å². The standard InChI is InChI=1S/C11H17NO2/c1-2-3-8-4-5-9-10(13)6-7-11(14)12(8)9/h2-3,8-10,13H,4-7H2,1H3/b3-2-/t8-,9+,10+/m1/s1. The molecule has 3 atom stereocenters. The second-order valence-corrected chi connectivity index (χ2v) is 4.14. The highest BCUT2D eigenvalue weighted by atomic mass is 16.3. The van der Waals surface area contributed by atoms with Crippen LogP contribution in [-0.2, 0) is 4.79 Å².